The maximum Gasteiger partial charge on any atom is 0.431 e. The molecule has 0 saturated carbocycles. The number of anilines is 1. The number of aromatic nitrogens is 2. The molecular formula is C15H9F6N3O2. The van der Waals surface area contributed by atoms with Crippen LogP contribution in [0.15, 0.2) is 41.7 Å². The Morgan fingerprint density at radius 3 is 2.27 bits per heavy atom. The number of carboxylic acid groups (broad SMARTS) is 1. The molecule has 138 valence electrons. The highest BCUT2D eigenvalue weighted by Gasteiger charge is 2.47. The molecule has 11 heteroatoms. The maximum atomic E-state index is 13.3. The molecule has 1 unspecified atom stereocenters. The van der Waals surface area contributed by atoms with Crippen molar-refractivity contribution >= 4 is 11.8 Å². The smallest absolute Gasteiger partial charge is 0.431 e. The second kappa shape index (κ2) is 5.78. The topological polar surface area (TPSA) is 78.0 Å². The van der Waals surface area contributed by atoms with Crippen LogP contribution >= 0.6 is 0 Å². The van der Waals surface area contributed by atoms with Crippen LogP contribution in [0.5, 0.6) is 0 Å². The molecule has 0 aliphatic carbocycles. The van der Waals surface area contributed by atoms with Crippen molar-refractivity contribution in [2.45, 2.75) is 18.3 Å². The summed E-state index contributed by atoms with van der Waals surface area (Å²) in [5, 5.41) is 17.0. The van der Waals surface area contributed by atoms with Crippen LogP contribution in [-0.2, 0) is 11.0 Å². The lowest BCUT2D eigenvalue weighted by Crippen LogP contribution is -2.31. The first kappa shape index (κ1) is 17.8. The summed E-state index contributed by atoms with van der Waals surface area (Å²) >= 11 is 0. The number of H-pyrrole nitrogens is 1. The number of nitrogens with one attached hydrogen (secondary N) is 2. The van der Waals surface area contributed by atoms with E-state index in [0.717, 1.165) is 18.3 Å². The number of carbonyl (C=O) groups is 1. The lowest BCUT2D eigenvalue weighted by Gasteiger charge is -2.29. The standard InChI is InChI=1S/C15H9F6N3O2/c16-14(17,18)8-4-2-1-3-6(8)9-7-5-22-24-12(7)23-11(15(19,20)21)10(9)13(25)26/h1-5,9H,(H,25,26)(H2,22,23,24). The number of rotatable bonds is 2. The minimum absolute atomic E-state index is 0.132. The first-order valence-electron chi connectivity index (χ1n) is 7.03. The zero-order valence-corrected chi connectivity index (χ0v) is 12.5. The summed E-state index contributed by atoms with van der Waals surface area (Å²) in [5.41, 5.74) is -4.85. The Morgan fingerprint density at radius 2 is 1.69 bits per heavy atom. The van der Waals surface area contributed by atoms with Crippen LogP contribution < -0.4 is 5.32 Å². The lowest BCUT2D eigenvalue weighted by molar-refractivity contribution is -0.139. The van der Waals surface area contributed by atoms with Crippen LogP contribution in [-0.4, -0.2) is 27.4 Å². The monoisotopic (exact) mass is 377 g/mol. The fraction of sp³-hybridized carbons (Fsp3) is 0.200. The molecule has 0 bridgehead atoms. The lowest BCUT2D eigenvalue weighted by atomic mass is 9.80. The average molecular weight is 377 g/mol. The largest absolute Gasteiger partial charge is 0.478 e. The highest BCUT2D eigenvalue weighted by atomic mass is 19.4. The molecule has 5 nitrogen and oxygen atoms in total. The molecule has 0 spiro atoms. The summed E-state index contributed by atoms with van der Waals surface area (Å²) in [6.45, 7) is 0. The molecule has 0 fully saturated rings. The molecular weight excluding hydrogens is 368 g/mol. The second-order valence-electron chi connectivity index (χ2n) is 5.43. The van der Waals surface area contributed by atoms with E-state index in [0.29, 0.717) is 6.07 Å². The van der Waals surface area contributed by atoms with Gasteiger partial charge in [0.2, 0.25) is 0 Å². The second-order valence-corrected chi connectivity index (χ2v) is 5.43. The maximum absolute atomic E-state index is 13.3. The quantitative estimate of drug-likeness (QED) is 0.694. The molecule has 1 aliphatic heterocycles. The molecule has 0 saturated heterocycles. The average Bonchev–Trinajstić information content (AvgIpc) is 2.99. The van der Waals surface area contributed by atoms with Crippen LogP contribution in [0.3, 0.4) is 0 Å². The number of halogens is 6. The molecule has 26 heavy (non-hydrogen) atoms. The van der Waals surface area contributed by atoms with Gasteiger partial charge in [-0.15, -0.1) is 0 Å². The number of hydrogen-bond donors (Lipinski definition) is 3. The van der Waals surface area contributed by atoms with E-state index in [-0.39, 0.29) is 11.4 Å². The summed E-state index contributed by atoms with van der Waals surface area (Å²) in [6, 6.07) is 3.90. The van der Waals surface area contributed by atoms with Crippen LogP contribution in [0.2, 0.25) is 0 Å². The van der Waals surface area contributed by atoms with Gasteiger partial charge >= 0.3 is 18.3 Å². The van der Waals surface area contributed by atoms with Gasteiger partial charge in [0.25, 0.3) is 0 Å². The van der Waals surface area contributed by atoms with Gasteiger partial charge < -0.3 is 10.4 Å². The van der Waals surface area contributed by atoms with E-state index < -0.39 is 46.6 Å². The molecule has 0 radical (unpaired) electrons. The van der Waals surface area contributed by atoms with Crippen molar-refractivity contribution in [3.8, 4) is 0 Å². The normalized spacial score (nSPS) is 17.7. The molecule has 0 amide bonds. The number of aromatic amines is 1. The highest BCUT2D eigenvalue weighted by Crippen LogP contribution is 2.47. The summed E-state index contributed by atoms with van der Waals surface area (Å²) in [6.07, 6.45) is -9.01. The molecule has 3 N–H and O–H groups in total. The van der Waals surface area contributed by atoms with Gasteiger partial charge in [-0.1, -0.05) is 18.2 Å². The van der Waals surface area contributed by atoms with E-state index >= 15 is 0 Å². The molecule has 3 rings (SSSR count). The zero-order chi connectivity index (χ0) is 19.3. The number of nitrogens with zero attached hydrogens (tertiary/aromatic N) is 1. The van der Waals surface area contributed by atoms with Crippen molar-refractivity contribution in [1.82, 2.24) is 10.2 Å². The number of benzene rings is 1. The van der Waals surface area contributed by atoms with E-state index in [2.05, 4.69) is 10.2 Å². The van der Waals surface area contributed by atoms with Gasteiger partial charge in [0.05, 0.1) is 17.3 Å². The van der Waals surface area contributed by atoms with E-state index in [9.17, 15) is 36.2 Å². The van der Waals surface area contributed by atoms with Crippen molar-refractivity contribution in [3.05, 3.63) is 58.4 Å². The van der Waals surface area contributed by atoms with Gasteiger partial charge in [-0.25, -0.2) is 4.79 Å². The van der Waals surface area contributed by atoms with E-state index in [1.54, 1.807) is 0 Å². The first-order valence-corrected chi connectivity index (χ1v) is 7.03. The van der Waals surface area contributed by atoms with Gasteiger partial charge in [0.1, 0.15) is 11.5 Å². The number of alkyl halides is 6. The Hall–Kier alpha value is -2.98. The van der Waals surface area contributed by atoms with E-state index in [1.165, 1.54) is 6.07 Å². The third-order valence-corrected chi connectivity index (χ3v) is 3.88. The fourth-order valence-electron chi connectivity index (χ4n) is 2.89. The van der Waals surface area contributed by atoms with Crippen LogP contribution in [0.25, 0.3) is 0 Å². The van der Waals surface area contributed by atoms with Crippen molar-refractivity contribution in [2.75, 3.05) is 5.32 Å². The first-order chi connectivity index (χ1) is 12.0. The van der Waals surface area contributed by atoms with Gasteiger partial charge in [-0.05, 0) is 11.6 Å². The van der Waals surface area contributed by atoms with E-state index in [1.807, 2.05) is 5.32 Å². The predicted molar refractivity (Wildman–Crippen MR) is 76.2 cm³/mol. The van der Waals surface area contributed by atoms with Crippen molar-refractivity contribution in [2.24, 2.45) is 0 Å². The van der Waals surface area contributed by atoms with Gasteiger partial charge in [0.15, 0.2) is 0 Å². The number of allylic oxidation sites excluding steroid dienone is 1. The molecule has 1 aliphatic rings. The Labute approximate surface area is 141 Å². The molecule has 2 heterocycles. The number of hydrogen-bond acceptors (Lipinski definition) is 3. The molecule has 2 aromatic rings. The van der Waals surface area contributed by atoms with Crippen LogP contribution in [0.4, 0.5) is 32.2 Å². The summed E-state index contributed by atoms with van der Waals surface area (Å²) in [5.74, 6) is -4.11. The Balaban J connectivity index is 2.35. The highest BCUT2D eigenvalue weighted by molar-refractivity contribution is 5.93. The summed E-state index contributed by atoms with van der Waals surface area (Å²) in [7, 11) is 0. The number of aliphatic carboxylic acids is 1. The Bertz CT molecular complexity index is 897. The van der Waals surface area contributed by atoms with Gasteiger partial charge in [-0.3, -0.25) is 5.10 Å². The number of fused-ring (bicyclic) bond motifs is 1. The van der Waals surface area contributed by atoms with Crippen molar-refractivity contribution < 1.29 is 36.2 Å². The Morgan fingerprint density at radius 1 is 1.04 bits per heavy atom. The van der Waals surface area contributed by atoms with Gasteiger partial charge in [0, 0.05) is 11.5 Å². The SMILES string of the molecule is O=C(O)C1=C(C(F)(F)F)Nc2[nH]ncc2C1c1ccccc1C(F)(F)F. The van der Waals surface area contributed by atoms with Crippen LogP contribution in [0.1, 0.15) is 22.6 Å². The minimum Gasteiger partial charge on any atom is -0.478 e. The van der Waals surface area contributed by atoms with Crippen LogP contribution in [0, 0.1) is 0 Å². The van der Waals surface area contributed by atoms with Crippen molar-refractivity contribution in [3.63, 3.8) is 0 Å². The van der Waals surface area contributed by atoms with Crippen molar-refractivity contribution in [1.29, 1.82) is 0 Å². The zero-order valence-electron chi connectivity index (χ0n) is 12.5. The minimum atomic E-state index is -5.12. The molecule has 1 aromatic heterocycles. The molecule has 1 atom stereocenters. The fourth-order valence-corrected chi connectivity index (χ4v) is 2.89. The third kappa shape index (κ3) is 2.89. The Kier molecular flexibility index (Phi) is 3.97. The summed E-state index contributed by atoms with van der Waals surface area (Å²) < 4.78 is 80.0. The predicted octanol–water partition coefficient (Wildman–Crippen LogP) is 3.89. The summed E-state index contributed by atoms with van der Waals surface area (Å²) in [4.78, 5) is 11.6. The van der Waals surface area contributed by atoms with E-state index in [4.69, 9.17) is 0 Å². The number of carboxylic acids is 1. The third-order valence-electron chi connectivity index (χ3n) is 3.88. The van der Waals surface area contributed by atoms with Gasteiger partial charge in [-0.2, -0.15) is 31.4 Å². The molecule has 1 aromatic carbocycles.